The molecule has 1 fully saturated rings. The lowest BCUT2D eigenvalue weighted by atomic mass is 10.1. The first kappa shape index (κ1) is 23.9. The zero-order valence-corrected chi connectivity index (χ0v) is 19.3. The van der Waals surface area contributed by atoms with E-state index in [0.29, 0.717) is 47.5 Å². The van der Waals surface area contributed by atoms with Crippen LogP contribution in [0.5, 0.6) is 11.5 Å². The topological polar surface area (TPSA) is 93.9 Å². The molecule has 7 nitrogen and oxygen atoms in total. The molecule has 1 saturated heterocycles. The molecule has 0 saturated carbocycles. The van der Waals surface area contributed by atoms with E-state index in [1.54, 1.807) is 12.1 Å². The minimum atomic E-state index is -0.303. The first-order valence-corrected chi connectivity index (χ1v) is 11.3. The van der Waals surface area contributed by atoms with Crippen molar-refractivity contribution in [2.45, 2.75) is 45.7 Å². The fourth-order valence-corrected chi connectivity index (χ4v) is 4.09. The van der Waals surface area contributed by atoms with Gasteiger partial charge in [0.25, 0.3) is 5.91 Å². The molecule has 2 aromatic rings. The van der Waals surface area contributed by atoms with Gasteiger partial charge in [0.1, 0.15) is 0 Å². The third-order valence-electron chi connectivity index (χ3n) is 5.28. The molecule has 2 amide bonds. The van der Waals surface area contributed by atoms with Crippen LogP contribution >= 0.6 is 11.6 Å². The summed E-state index contributed by atoms with van der Waals surface area (Å²) in [5.74, 6) is 0.297. The number of likely N-dealkylation sites (tertiary alicyclic amines) is 1. The van der Waals surface area contributed by atoms with Crippen LogP contribution in [0.15, 0.2) is 36.4 Å². The van der Waals surface area contributed by atoms with Gasteiger partial charge in [-0.2, -0.15) is 0 Å². The number of benzene rings is 2. The first-order chi connectivity index (χ1) is 15.4. The van der Waals surface area contributed by atoms with Crippen LogP contribution < -0.4 is 20.5 Å². The standard InChI is InChI=1S/C24H30ClN3O4/c1-3-11-32-22-19(25)13-17(14-21(22)31-4-2)24(30)27-18-8-5-7-16(12-18)15-28-10-6-9-20(28)23(26)29/h5,7-8,12-14,20H,3-4,6,9-11,15H2,1-2H3,(H2,26,29)(H,27,30). The molecule has 2 aromatic carbocycles. The monoisotopic (exact) mass is 459 g/mol. The Hall–Kier alpha value is -2.77. The highest BCUT2D eigenvalue weighted by Gasteiger charge is 2.28. The van der Waals surface area contributed by atoms with Gasteiger partial charge >= 0.3 is 0 Å². The van der Waals surface area contributed by atoms with E-state index in [4.69, 9.17) is 26.8 Å². The van der Waals surface area contributed by atoms with Crippen LogP contribution in [-0.2, 0) is 11.3 Å². The van der Waals surface area contributed by atoms with Crippen LogP contribution in [0.2, 0.25) is 5.02 Å². The summed E-state index contributed by atoms with van der Waals surface area (Å²) < 4.78 is 11.3. The fourth-order valence-electron chi connectivity index (χ4n) is 3.83. The van der Waals surface area contributed by atoms with Crippen molar-refractivity contribution in [2.75, 3.05) is 25.1 Å². The molecule has 1 unspecified atom stereocenters. The summed E-state index contributed by atoms with van der Waals surface area (Å²) in [7, 11) is 0. The second kappa shape index (κ2) is 11.2. The van der Waals surface area contributed by atoms with E-state index < -0.39 is 0 Å². The van der Waals surface area contributed by atoms with Crippen LogP contribution in [0.1, 0.15) is 49.0 Å². The average Bonchev–Trinajstić information content (AvgIpc) is 3.22. The molecular weight excluding hydrogens is 430 g/mol. The van der Waals surface area contributed by atoms with Crippen molar-refractivity contribution >= 4 is 29.1 Å². The molecule has 0 spiro atoms. The SMILES string of the molecule is CCCOc1c(Cl)cc(C(=O)Nc2cccc(CN3CCCC3C(N)=O)c2)cc1OCC. The zero-order chi connectivity index (χ0) is 23.1. The number of carbonyl (C=O) groups is 2. The lowest BCUT2D eigenvalue weighted by Gasteiger charge is -2.22. The Balaban J connectivity index is 1.74. The molecule has 8 heteroatoms. The molecule has 1 aliphatic heterocycles. The Bertz CT molecular complexity index is 966. The largest absolute Gasteiger partial charge is 0.490 e. The lowest BCUT2D eigenvalue weighted by molar-refractivity contribution is -0.122. The van der Waals surface area contributed by atoms with Gasteiger partial charge in [-0.1, -0.05) is 30.7 Å². The summed E-state index contributed by atoms with van der Waals surface area (Å²) in [4.78, 5) is 26.6. The quantitative estimate of drug-likeness (QED) is 0.554. The van der Waals surface area contributed by atoms with E-state index in [0.717, 1.165) is 31.4 Å². The fraction of sp³-hybridized carbons (Fsp3) is 0.417. The van der Waals surface area contributed by atoms with Gasteiger partial charge in [0.15, 0.2) is 11.5 Å². The Kier molecular flexibility index (Phi) is 8.36. The lowest BCUT2D eigenvalue weighted by Crippen LogP contribution is -2.39. The van der Waals surface area contributed by atoms with Gasteiger partial charge < -0.3 is 20.5 Å². The highest BCUT2D eigenvalue weighted by atomic mass is 35.5. The summed E-state index contributed by atoms with van der Waals surface area (Å²) in [6.45, 7) is 6.22. The maximum atomic E-state index is 12.9. The highest BCUT2D eigenvalue weighted by Crippen LogP contribution is 2.37. The number of rotatable bonds is 10. The number of hydrogen-bond donors (Lipinski definition) is 2. The van der Waals surface area contributed by atoms with Gasteiger partial charge in [-0.05, 0) is 62.6 Å². The molecule has 3 rings (SSSR count). The zero-order valence-electron chi connectivity index (χ0n) is 18.5. The number of carbonyl (C=O) groups excluding carboxylic acids is 2. The van der Waals surface area contributed by atoms with Crippen LogP contribution in [0.3, 0.4) is 0 Å². The van der Waals surface area contributed by atoms with Crippen molar-refractivity contribution in [2.24, 2.45) is 5.73 Å². The molecule has 0 bridgehead atoms. The second-order valence-electron chi connectivity index (χ2n) is 7.75. The normalized spacial score (nSPS) is 16.0. The van der Waals surface area contributed by atoms with Crippen molar-refractivity contribution in [3.05, 3.63) is 52.5 Å². The van der Waals surface area contributed by atoms with Gasteiger partial charge in [-0.25, -0.2) is 0 Å². The first-order valence-electron chi connectivity index (χ1n) is 11.0. The van der Waals surface area contributed by atoms with E-state index in [1.807, 2.05) is 38.1 Å². The Morgan fingerprint density at radius 1 is 1.22 bits per heavy atom. The molecule has 1 heterocycles. The van der Waals surface area contributed by atoms with Crippen LogP contribution in [0.4, 0.5) is 5.69 Å². The minimum absolute atomic E-state index is 0.235. The Morgan fingerprint density at radius 2 is 2.03 bits per heavy atom. The number of halogens is 1. The summed E-state index contributed by atoms with van der Waals surface area (Å²) in [5, 5.41) is 3.24. The number of ether oxygens (including phenoxy) is 2. The summed E-state index contributed by atoms with van der Waals surface area (Å²) >= 11 is 6.38. The van der Waals surface area contributed by atoms with E-state index in [2.05, 4.69) is 10.2 Å². The molecular formula is C24H30ClN3O4. The molecule has 3 N–H and O–H groups in total. The van der Waals surface area contributed by atoms with E-state index >= 15 is 0 Å². The van der Waals surface area contributed by atoms with Gasteiger partial charge in [-0.15, -0.1) is 0 Å². The third-order valence-corrected chi connectivity index (χ3v) is 5.57. The number of nitrogens with two attached hydrogens (primary N) is 1. The summed E-state index contributed by atoms with van der Waals surface area (Å²) in [6, 6.07) is 10.5. The molecule has 0 aromatic heterocycles. The van der Waals surface area contributed by atoms with Crippen LogP contribution in [-0.4, -0.2) is 42.5 Å². The Labute approximate surface area is 193 Å². The number of primary amides is 1. The molecule has 0 aliphatic carbocycles. The molecule has 172 valence electrons. The van der Waals surface area contributed by atoms with Gasteiger partial charge in [0, 0.05) is 17.8 Å². The minimum Gasteiger partial charge on any atom is -0.490 e. The van der Waals surface area contributed by atoms with Crippen molar-refractivity contribution in [1.82, 2.24) is 4.90 Å². The van der Waals surface area contributed by atoms with Crippen LogP contribution in [0.25, 0.3) is 0 Å². The van der Waals surface area contributed by atoms with E-state index in [9.17, 15) is 9.59 Å². The Morgan fingerprint density at radius 3 is 2.75 bits per heavy atom. The number of amides is 2. The number of nitrogens with one attached hydrogen (secondary N) is 1. The predicted octanol–water partition coefficient (Wildman–Crippen LogP) is 4.23. The maximum Gasteiger partial charge on any atom is 0.255 e. The number of anilines is 1. The highest BCUT2D eigenvalue weighted by molar-refractivity contribution is 6.32. The number of nitrogens with zero attached hydrogens (tertiary/aromatic N) is 1. The third kappa shape index (κ3) is 5.93. The second-order valence-corrected chi connectivity index (χ2v) is 8.16. The smallest absolute Gasteiger partial charge is 0.255 e. The van der Waals surface area contributed by atoms with Gasteiger partial charge in [0.2, 0.25) is 5.91 Å². The van der Waals surface area contributed by atoms with E-state index in [1.165, 1.54) is 0 Å². The summed E-state index contributed by atoms with van der Waals surface area (Å²) in [5.41, 5.74) is 7.54. The predicted molar refractivity (Wildman–Crippen MR) is 125 cm³/mol. The van der Waals surface area contributed by atoms with Crippen molar-refractivity contribution in [1.29, 1.82) is 0 Å². The van der Waals surface area contributed by atoms with Gasteiger partial charge in [0.05, 0.1) is 24.3 Å². The number of hydrogen-bond acceptors (Lipinski definition) is 5. The van der Waals surface area contributed by atoms with Gasteiger partial charge in [-0.3, -0.25) is 14.5 Å². The summed E-state index contributed by atoms with van der Waals surface area (Å²) in [6.07, 6.45) is 2.57. The average molecular weight is 460 g/mol. The van der Waals surface area contributed by atoms with Crippen molar-refractivity contribution in [3.8, 4) is 11.5 Å². The van der Waals surface area contributed by atoms with Crippen molar-refractivity contribution in [3.63, 3.8) is 0 Å². The molecule has 0 radical (unpaired) electrons. The molecule has 1 aliphatic rings. The van der Waals surface area contributed by atoms with Crippen molar-refractivity contribution < 1.29 is 19.1 Å². The molecule has 1 atom stereocenters. The molecule has 32 heavy (non-hydrogen) atoms. The van der Waals surface area contributed by atoms with Crippen LogP contribution in [0, 0.1) is 0 Å². The maximum absolute atomic E-state index is 12.9. The van der Waals surface area contributed by atoms with E-state index in [-0.39, 0.29) is 17.9 Å².